The van der Waals surface area contributed by atoms with Crippen LogP contribution in [0.4, 0.5) is 11.6 Å². The summed E-state index contributed by atoms with van der Waals surface area (Å²) in [5.74, 6) is 1.65. The Morgan fingerprint density at radius 2 is 1.95 bits per heavy atom. The maximum Gasteiger partial charge on any atom is 0.169 e. The molecule has 0 atom stereocenters. The highest BCUT2D eigenvalue weighted by Gasteiger charge is 2.07. The predicted octanol–water partition coefficient (Wildman–Crippen LogP) is 2.12. The monoisotopic (exact) mass is 255 g/mol. The van der Waals surface area contributed by atoms with Crippen molar-refractivity contribution in [2.75, 3.05) is 11.1 Å². The third-order valence-electron chi connectivity index (χ3n) is 2.70. The number of aryl methyl sites for hydroxylation is 1. The van der Waals surface area contributed by atoms with Crippen LogP contribution >= 0.6 is 0 Å². The molecule has 3 aromatic rings. The van der Waals surface area contributed by atoms with Gasteiger partial charge in [-0.2, -0.15) is 0 Å². The van der Waals surface area contributed by atoms with Crippen molar-refractivity contribution in [3.63, 3.8) is 0 Å². The number of aromatic nitrogens is 3. The van der Waals surface area contributed by atoms with E-state index in [9.17, 15) is 0 Å². The van der Waals surface area contributed by atoms with Gasteiger partial charge >= 0.3 is 0 Å². The second kappa shape index (κ2) is 4.56. The van der Waals surface area contributed by atoms with Crippen molar-refractivity contribution in [2.45, 2.75) is 13.5 Å². The molecule has 0 bridgehead atoms. The summed E-state index contributed by atoms with van der Waals surface area (Å²) >= 11 is 0. The Morgan fingerprint density at radius 1 is 1.21 bits per heavy atom. The van der Waals surface area contributed by atoms with E-state index in [-0.39, 0.29) is 0 Å². The van der Waals surface area contributed by atoms with E-state index < -0.39 is 0 Å². The molecule has 6 nitrogen and oxygen atoms in total. The third kappa shape index (κ3) is 2.33. The molecule has 0 unspecified atom stereocenters. The second-order valence-corrected chi connectivity index (χ2v) is 4.23. The average molecular weight is 255 g/mol. The van der Waals surface area contributed by atoms with Crippen LogP contribution in [0.25, 0.3) is 11.0 Å². The van der Waals surface area contributed by atoms with Crippen molar-refractivity contribution < 1.29 is 4.52 Å². The van der Waals surface area contributed by atoms with E-state index in [1.807, 2.05) is 37.3 Å². The van der Waals surface area contributed by atoms with Crippen molar-refractivity contribution in [1.29, 1.82) is 0 Å². The third-order valence-corrected chi connectivity index (χ3v) is 2.70. The van der Waals surface area contributed by atoms with Crippen molar-refractivity contribution in [1.82, 2.24) is 15.1 Å². The predicted molar refractivity (Wildman–Crippen MR) is 72.5 cm³/mol. The Labute approximate surface area is 109 Å². The highest BCUT2D eigenvalue weighted by molar-refractivity contribution is 5.79. The molecule has 0 aliphatic carbocycles. The summed E-state index contributed by atoms with van der Waals surface area (Å²) in [7, 11) is 0. The highest BCUT2D eigenvalue weighted by Crippen LogP contribution is 2.19. The van der Waals surface area contributed by atoms with Gasteiger partial charge in [0.15, 0.2) is 17.4 Å². The number of hydrogen-bond donors (Lipinski definition) is 2. The summed E-state index contributed by atoms with van der Waals surface area (Å²) in [6.07, 6.45) is 0. The summed E-state index contributed by atoms with van der Waals surface area (Å²) in [5.41, 5.74) is 8.29. The number of rotatable bonds is 3. The van der Waals surface area contributed by atoms with Crippen LogP contribution in [0.1, 0.15) is 11.5 Å². The smallest absolute Gasteiger partial charge is 0.169 e. The Morgan fingerprint density at radius 3 is 2.63 bits per heavy atom. The molecule has 6 heteroatoms. The van der Waals surface area contributed by atoms with Gasteiger partial charge in [0.25, 0.3) is 0 Å². The molecule has 96 valence electrons. The zero-order valence-corrected chi connectivity index (χ0v) is 10.4. The summed E-state index contributed by atoms with van der Waals surface area (Å²) in [6, 6.07) is 9.45. The number of fused-ring (bicyclic) bond motifs is 1. The van der Waals surface area contributed by atoms with Crippen LogP contribution in [0.5, 0.6) is 0 Å². The van der Waals surface area contributed by atoms with Gasteiger partial charge in [0, 0.05) is 6.07 Å². The largest absolute Gasteiger partial charge is 0.381 e. The second-order valence-electron chi connectivity index (χ2n) is 4.23. The number of nitrogen functional groups attached to an aromatic ring is 1. The number of nitrogens with two attached hydrogens (primary N) is 1. The minimum absolute atomic E-state index is 0.370. The number of para-hydroxylation sites is 2. The summed E-state index contributed by atoms with van der Waals surface area (Å²) < 4.78 is 5.11. The van der Waals surface area contributed by atoms with Crippen molar-refractivity contribution in [3.8, 4) is 0 Å². The van der Waals surface area contributed by atoms with E-state index in [2.05, 4.69) is 20.4 Å². The zero-order chi connectivity index (χ0) is 13.2. The summed E-state index contributed by atoms with van der Waals surface area (Å²) in [6.45, 7) is 2.34. The van der Waals surface area contributed by atoms with Gasteiger partial charge in [0.2, 0.25) is 0 Å². The maximum absolute atomic E-state index is 5.87. The van der Waals surface area contributed by atoms with Crippen molar-refractivity contribution in [3.05, 3.63) is 41.8 Å². The molecular formula is C13H13N5O. The Kier molecular flexibility index (Phi) is 2.75. The minimum Gasteiger partial charge on any atom is -0.381 e. The Balaban J connectivity index is 1.86. The topological polar surface area (TPSA) is 89.9 Å². The molecule has 2 heterocycles. The Hall–Kier alpha value is -2.63. The van der Waals surface area contributed by atoms with E-state index in [0.717, 1.165) is 22.5 Å². The first kappa shape index (κ1) is 11.5. The summed E-state index contributed by atoms with van der Waals surface area (Å²) in [4.78, 5) is 8.74. The van der Waals surface area contributed by atoms with Crippen LogP contribution < -0.4 is 11.1 Å². The van der Waals surface area contributed by atoms with Crippen molar-refractivity contribution in [2.24, 2.45) is 0 Å². The van der Waals surface area contributed by atoms with Gasteiger partial charge in [-0.25, -0.2) is 9.97 Å². The lowest BCUT2D eigenvalue weighted by Gasteiger charge is -2.07. The molecule has 0 saturated heterocycles. The minimum atomic E-state index is 0.370. The SMILES string of the molecule is Cc1cc(CNc2nc3ccccc3nc2N)on1. The molecule has 0 saturated carbocycles. The van der Waals surface area contributed by atoms with Crippen LogP contribution in [0.2, 0.25) is 0 Å². The standard InChI is InChI=1S/C13H13N5O/c1-8-6-9(19-18-8)7-15-13-12(14)16-10-4-2-3-5-11(10)17-13/h2-6H,7H2,1H3,(H2,14,16)(H,15,17). The van der Waals surface area contributed by atoms with Crippen LogP contribution in [0.3, 0.4) is 0 Å². The molecular weight excluding hydrogens is 242 g/mol. The lowest BCUT2D eigenvalue weighted by atomic mass is 10.3. The van der Waals surface area contributed by atoms with E-state index in [1.165, 1.54) is 0 Å². The van der Waals surface area contributed by atoms with Gasteiger partial charge in [-0.05, 0) is 19.1 Å². The number of nitrogens with one attached hydrogen (secondary N) is 1. The van der Waals surface area contributed by atoms with E-state index in [4.69, 9.17) is 10.3 Å². The lowest BCUT2D eigenvalue weighted by molar-refractivity contribution is 0.384. The molecule has 19 heavy (non-hydrogen) atoms. The molecule has 0 aliphatic rings. The first-order valence-electron chi connectivity index (χ1n) is 5.91. The lowest BCUT2D eigenvalue weighted by Crippen LogP contribution is -2.06. The van der Waals surface area contributed by atoms with Crippen LogP contribution in [0.15, 0.2) is 34.9 Å². The number of anilines is 2. The molecule has 0 radical (unpaired) electrons. The average Bonchev–Trinajstić information content (AvgIpc) is 2.82. The molecule has 0 aliphatic heterocycles. The van der Waals surface area contributed by atoms with Crippen LogP contribution in [-0.2, 0) is 6.54 Å². The summed E-state index contributed by atoms with van der Waals surface area (Å²) in [5, 5.41) is 6.92. The Bertz CT molecular complexity index is 722. The fraction of sp³-hybridized carbons (Fsp3) is 0.154. The van der Waals surface area contributed by atoms with Gasteiger partial charge in [0.05, 0.1) is 23.3 Å². The van der Waals surface area contributed by atoms with E-state index >= 15 is 0 Å². The van der Waals surface area contributed by atoms with Crippen molar-refractivity contribution >= 4 is 22.7 Å². The van der Waals surface area contributed by atoms with Gasteiger partial charge in [0.1, 0.15) is 0 Å². The zero-order valence-electron chi connectivity index (χ0n) is 10.4. The number of nitrogens with zero attached hydrogens (tertiary/aromatic N) is 3. The maximum atomic E-state index is 5.87. The van der Waals surface area contributed by atoms with Gasteiger partial charge in [-0.15, -0.1) is 0 Å². The molecule has 3 rings (SSSR count). The van der Waals surface area contributed by atoms with Gasteiger partial charge in [-0.3, -0.25) is 0 Å². The van der Waals surface area contributed by atoms with Gasteiger partial charge in [-0.1, -0.05) is 17.3 Å². The van der Waals surface area contributed by atoms with Crippen LogP contribution in [-0.4, -0.2) is 15.1 Å². The van der Waals surface area contributed by atoms with E-state index in [1.54, 1.807) is 0 Å². The quantitative estimate of drug-likeness (QED) is 0.745. The number of hydrogen-bond acceptors (Lipinski definition) is 6. The fourth-order valence-electron chi connectivity index (χ4n) is 1.81. The van der Waals surface area contributed by atoms with E-state index in [0.29, 0.717) is 18.2 Å². The molecule has 3 N–H and O–H groups in total. The normalized spacial score (nSPS) is 10.8. The molecule has 2 aromatic heterocycles. The molecule has 0 spiro atoms. The molecule has 0 fully saturated rings. The van der Waals surface area contributed by atoms with Gasteiger partial charge < -0.3 is 15.6 Å². The molecule has 0 amide bonds. The first-order valence-corrected chi connectivity index (χ1v) is 5.91. The fourth-order valence-corrected chi connectivity index (χ4v) is 1.81. The number of benzene rings is 1. The first-order chi connectivity index (χ1) is 9.22. The highest BCUT2D eigenvalue weighted by atomic mass is 16.5. The van der Waals surface area contributed by atoms with Crippen LogP contribution in [0, 0.1) is 6.92 Å². The molecule has 1 aromatic carbocycles.